The quantitative estimate of drug-likeness (QED) is 0.768. The number of hydrogen-bond acceptors (Lipinski definition) is 3. The zero-order valence-corrected chi connectivity index (χ0v) is 16.0. The molecule has 0 radical (unpaired) electrons. The Bertz CT molecular complexity index is 457. The molecule has 0 spiro atoms. The largest absolute Gasteiger partial charge is 0.491 e. The van der Waals surface area contributed by atoms with Crippen LogP contribution in [0.3, 0.4) is 0 Å². The molecule has 1 fully saturated rings. The van der Waals surface area contributed by atoms with Crippen molar-refractivity contribution in [2.75, 3.05) is 26.2 Å². The van der Waals surface area contributed by atoms with E-state index < -0.39 is 0 Å². The average Bonchev–Trinajstić information content (AvgIpc) is 2.46. The summed E-state index contributed by atoms with van der Waals surface area (Å²) >= 11 is 0. The molecule has 0 amide bonds. The van der Waals surface area contributed by atoms with E-state index in [1.165, 1.54) is 11.1 Å². The molecule has 1 N–H and O–H groups in total. The summed E-state index contributed by atoms with van der Waals surface area (Å²) in [6, 6.07) is 9.00. The molecule has 2 rings (SSSR count). The molecule has 23 heavy (non-hydrogen) atoms. The maximum absolute atomic E-state index is 5.73. The van der Waals surface area contributed by atoms with Gasteiger partial charge < -0.3 is 10.1 Å². The first kappa shape index (κ1) is 22.3. The minimum absolute atomic E-state index is 0. The Morgan fingerprint density at radius 3 is 2.22 bits per heavy atom. The number of nitrogens with zero attached hydrogens (tertiary/aromatic N) is 1. The highest BCUT2D eigenvalue weighted by atomic mass is 35.5. The highest BCUT2D eigenvalue weighted by Crippen LogP contribution is 2.29. The van der Waals surface area contributed by atoms with E-state index in [0.717, 1.165) is 38.3 Å². The minimum Gasteiger partial charge on any atom is -0.491 e. The second kappa shape index (κ2) is 10.9. The van der Waals surface area contributed by atoms with Crippen molar-refractivity contribution >= 4 is 24.8 Å². The lowest BCUT2D eigenvalue weighted by Crippen LogP contribution is -2.45. The van der Waals surface area contributed by atoms with Crippen molar-refractivity contribution in [2.45, 2.75) is 39.3 Å². The Morgan fingerprint density at radius 2 is 1.74 bits per heavy atom. The number of piperazine rings is 1. The monoisotopic (exact) mass is 360 g/mol. The standard InChI is InChI=1S/C18H28N2O.2ClH/c1-14(2)13-18(20-11-9-19-10-12-20)16-5-7-17(8-6-16)21-15(3)4;;/h5-8,15,18-19H,1,9-13H2,2-4H3;2*1H/t18-;;/m0../s1. The van der Waals surface area contributed by atoms with E-state index >= 15 is 0 Å². The number of rotatable bonds is 6. The minimum atomic E-state index is 0. The van der Waals surface area contributed by atoms with Crippen LogP contribution >= 0.6 is 24.8 Å². The van der Waals surface area contributed by atoms with Crippen molar-refractivity contribution in [3.8, 4) is 5.75 Å². The van der Waals surface area contributed by atoms with Crippen molar-refractivity contribution in [1.82, 2.24) is 10.2 Å². The van der Waals surface area contributed by atoms with Crippen LogP contribution in [0.25, 0.3) is 0 Å². The predicted octanol–water partition coefficient (Wildman–Crippen LogP) is 4.23. The van der Waals surface area contributed by atoms with Crippen molar-refractivity contribution in [1.29, 1.82) is 0 Å². The second-order valence-corrected chi connectivity index (χ2v) is 6.20. The molecule has 1 aromatic rings. The molecule has 1 saturated heterocycles. The summed E-state index contributed by atoms with van der Waals surface area (Å²) < 4.78 is 5.73. The molecule has 3 nitrogen and oxygen atoms in total. The Kier molecular flexibility index (Phi) is 10.6. The smallest absolute Gasteiger partial charge is 0.119 e. The predicted molar refractivity (Wildman–Crippen MR) is 103 cm³/mol. The molecule has 0 bridgehead atoms. The number of halogens is 2. The molecular weight excluding hydrogens is 331 g/mol. The number of ether oxygens (including phenoxy) is 1. The zero-order chi connectivity index (χ0) is 15.2. The molecule has 1 aromatic carbocycles. The first-order chi connectivity index (χ1) is 10.1. The van der Waals surface area contributed by atoms with Gasteiger partial charge in [-0.1, -0.05) is 17.7 Å². The van der Waals surface area contributed by atoms with Crippen LogP contribution in [-0.2, 0) is 0 Å². The molecular formula is C18H30Cl2N2O. The van der Waals surface area contributed by atoms with E-state index in [-0.39, 0.29) is 30.9 Å². The zero-order valence-electron chi connectivity index (χ0n) is 14.4. The third kappa shape index (κ3) is 7.13. The molecule has 1 aliphatic heterocycles. The summed E-state index contributed by atoms with van der Waals surface area (Å²) in [6.07, 6.45) is 1.24. The maximum Gasteiger partial charge on any atom is 0.119 e. The van der Waals surface area contributed by atoms with Gasteiger partial charge in [0, 0.05) is 32.2 Å². The molecule has 0 aromatic heterocycles. The lowest BCUT2D eigenvalue weighted by molar-refractivity contribution is 0.172. The highest BCUT2D eigenvalue weighted by Gasteiger charge is 2.22. The van der Waals surface area contributed by atoms with Crippen LogP contribution in [0.2, 0.25) is 0 Å². The number of benzene rings is 1. The van der Waals surface area contributed by atoms with Crippen molar-refractivity contribution < 1.29 is 4.74 Å². The fourth-order valence-electron chi connectivity index (χ4n) is 2.82. The van der Waals surface area contributed by atoms with Crippen LogP contribution in [0.5, 0.6) is 5.75 Å². The lowest BCUT2D eigenvalue weighted by atomic mass is 9.98. The van der Waals surface area contributed by atoms with Gasteiger partial charge in [0.1, 0.15) is 5.75 Å². The Labute approximate surface area is 153 Å². The van der Waals surface area contributed by atoms with Crippen LogP contribution in [0.1, 0.15) is 38.8 Å². The summed E-state index contributed by atoms with van der Waals surface area (Å²) in [4.78, 5) is 2.56. The normalized spacial score (nSPS) is 16.2. The molecule has 0 unspecified atom stereocenters. The van der Waals surface area contributed by atoms with Crippen LogP contribution in [0.4, 0.5) is 0 Å². The molecule has 5 heteroatoms. The molecule has 1 heterocycles. The van der Waals surface area contributed by atoms with E-state index in [2.05, 4.69) is 61.8 Å². The van der Waals surface area contributed by atoms with Crippen LogP contribution < -0.4 is 10.1 Å². The lowest BCUT2D eigenvalue weighted by Gasteiger charge is -2.35. The molecule has 132 valence electrons. The Hall–Kier alpha value is -0.740. The summed E-state index contributed by atoms with van der Waals surface area (Å²) in [5, 5.41) is 3.42. The van der Waals surface area contributed by atoms with Crippen molar-refractivity contribution in [3.63, 3.8) is 0 Å². The maximum atomic E-state index is 5.73. The third-order valence-electron chi connectivity index (χ3n) is 3.77. The van der Waals surface area contributed by atoms with Gasteiger partial charge in [-0.15, -0.1) is 31.4 Å². The van der Waals surface area contributed by atoms with Crippen LogP contribution in [0.15, 0.2) is 36.4 Å². The molecule has 0 aliphatic carbocycles. The average molecular weight is 361 g/mol. The molecule has 1 atom stereocenters. The second-order valence-electron chi connectivity index (χ2n) is 6.20. The van der Waals surface area contributed by atoms with E-state index in [0.29, 0.717) is 6.04 Å². The third-order valence-corrected chi connectivity index (χ3v) is 3.77. The summed E-state index contributed by atoms with van der Waals surface area (Å²) in [7, 11) is 0. The van der Waals surface area contributed by atoms with Gasteiger partial charge in [0.05, 0.1) is 6.10 Å². The van der Waals surface area contributed by atoms with E-state index in [1.807, 2.05) is 0 Å². The SMILES string of the molecule is C=C(C)C[C@@H](c1ccc(OC(C)C)cc1)N1CCNCC1.Cl.Cl. The fourth-order valence-corrected chi connectivity index (χ4v) is 2.82. The highest BCUT2D eigenvalue weighted by molar-refractivity contribution is 5.85. The van der Waals surface area contributed by atoms with Gasteiger partial charge in [0.2, 0.25) is 0 Å². The van der Waals surface area contributed by atoms with Crippen molar-refractivity contribution in [3.05, 3.63) is 42.0 Å². The number of hydrogen-bond donors (Lipinski definition) is 1. The van der Waals surface area contributed by atoms with E-state index in [4.69, 9.17) is 4.74 Å². The Morgan fingerprint density at radius 1 is 1.17 bits per heavy atom. The van der Waals surface area contributed by atoms with Gasteiger partial charge >= 0.3 is 0 Å². The van der Waals surface area contributed by atoms with Crippen molar-refractivity contribution in [2.24, 2.45) is 0 Å². The van der Waals surface area contributed by atoms with Crippen LogP contribution in [0, 0.1) is 0 Å². The topological polar surface area (TPSA) is 24.5 Å². The van der Waals surface area contributed by atoms with Gasteiger partial charge in [-0.3, -0.25) is 4.90 Å². The van der Waals surface area contributed by atoms with E-state index in [1.54, 1.807) is 0 Å². The van der Waals surface area contributed by atoms with Crippen LogP contribution in [-0.4, -0.2) is 37.2 Å². The summed E-state index contributed by atoms with van der Waals surface area (Å²) in [6.45, 7) is 14.7. The first-order valence-corrected chi connectivity index (χ1v) is 7.92. The molecule has 0 saturated carbocycles. The van der Waals surface area contributed by atoms with Gasteiger partial charge in [-0.25, -0.2) is 0 Å². The van der Waals surface area contributed by atoms with Gasteiger partial charge in [-0.2, -0.15) is 0 Å². The summed E-state index contributed by atoms with van der Waals surface area (Å²) in [5.41, 5.74) is 2.59. The van der Waals surface area contributed by atoms with E-state index in [9.17, 15) is 0 Å². The fraction of sp³-hybridized carbons (Fsp3) is 0.556. The Balaban J connectivity index is 0.00000242. The molecule has 1 aliphatic rings. The van der Waals surface area contributed by atoms with Gasteiger partial charge in [-0.05, 0) is 44.9 Å². The van der Waals surface area contributed by atoms with Gasteiger partial charge in [0.25, 0.3) is 0 Å². The first-order valence-electron chi connectivity index (χ1n) is 7.92. The number of nitrogens with one attached hydrogen (secondary N) is 1. The van der Waals surface area contributed by atoms with Gasteiger partial charge in [0.15, 0.2) is 0 Å². The summed E-state index contributed by atoms with van der Waals surface area (Å²) in [5.74, 6) is 0.947.